The Balaban J connectivity index is 1.72. The second-order valence-electron chi connectivity index (χ2n) is 6.89. The van der Waals surface area contributed by atoms with Gasteiger partial charge in [-0.15, -0.1) is 0 Å². The van der Waals surface area contributed by atoms with Crippen molar-refractivity contribution in [3.05, 3.63) is 48.0 Å². The van der Waals surface area contributed by atoms with E-state index in [9.17, 15) is 14.7 Å². The molecule has 0 radical (unpaired) electrons. The first kappa shape index (κ1) is 20.3. The molecule has 1 fully saturated rings. The molecule has 142 valence electrons. The number of aliphatic carboxylic acids is 1. The van der Waals surface area contributed by atoms with Crippen LogP contribution in [0, 0.1) is 0 Å². The van der Waals surface area contributed by atoms with Gasteiger partial charge in [-0.2, -0.15) is 0 Å². The number of aliphatic hydroxyl groups excluding tert-OH is 1. The number of carboxylic acid groups (broad SMARTS) is 1. The van der Waals surface area contributed by atoms with Crippen molar-refractivity contribution >= 4 is 11.8 Å². The Morgan fingerprint density at radius 3 is 2.77 bits per heavy atom. The van der Waals surface area contributed by atoms with E-state index in [2.05, 4.69) is 4.90 Å². The minimum absolute atomic E-state index is 0.102. The van der Waals surface area contributed by atoms with Gasteiger partial charge in [-0.1, -0.05) is 42.5 Å². The predicted molar refractivity (Wildman–Crippen MR) is 101 cm³/mol. The number of aliphatic hydroxyl groups is 1. The molecule has 5 heteroatoms. The highest BCUT2D eigenvalue weighted by Gasteiger charge is 2.31. The van der Waals surface area contributed by atoms with E-state index in [1.807, 2.05) is 42.5 Å². The molecule has 1 heterocycles. The van der Waals surface area contributed by atoms with Gasteiger partial charge >= 0.3 is 5.97 Å². The molecule has 0 bridgehead atoms. The maximum Gasteiger partial charge on any atom is 0.303 e. The van der Waals surface area contributed by atoms with Crippen molar-refractivity contribution in [1.82, 2.24) is 4.90 Å². The highest BCUT2D eigenvalue weighted by molar-refractivity contribution is 5.86. The number of likely N-dealkylation sites (tertiary alicyclic amines) is 1. The van der Waals surface area contributed by atoms with Crippen molar-refractivity contribution < 1.29 is 19.8 Å². The summed E-state index contributed by atoms with van der Waals surface area (Å²) in [4.78, 5) is 24.8. The zero-order chi connectivity index (χ0) is 18.8. The number of ketones is 1. The van der Waals surface area contributed by atoms with Gasteiger partial charge < -0.3 is 10.2 Å². The van der Waals surface area contributed by atoms with Crippen LogP contribution in [0.2, 0.25) is 0 Å². The summed E-state index contributed by atoms with van der Waals surface area (Å²) in [7, 11) is 0. The van der Waals surface area contributed by atoms with E-state index in [-0.39, 0.29) is 18.2 Å². The number of carbonyl (C=O) groups is 2. The minimum Gasteiger partial charge on any atom is -0.481 e. The summed E-state index contributed by atoms with van der Waals surface area (Å²) in [5.41, 5.74) is 1.12. The van der Waals surface area contributed by atoms with Crippen molar-refractivity contribution in [1.29, 1.82) is 0 Å². The topological polar surface area (TPSA) is 77.8 Å². The molecule has 0 aromatic heterocycles. The van der Waals surface area contributed by atoms with Crippen LogP contribution < -0.4 is 0 Å². The quantitative estimate of drug-likeness (QED) is 0.469. The third-order valence-electron chi connectivity index (χ3n) is 4.81. The Labute approximate surface area is 155 Å². The highest BCUT2D eigenvalue weighted by Crippen LogP contribution is 2.19. The van der Waals surface area contributed by atoms with Gasteiger partial charge in [0.2, 0.25) is 0 Å². The Bertz CT molecular complexity index is 599. The number of allylic oxidation sites excluding steroid dienone is 1. The molecule has 0 aliphatic carbocycles. The summed E-state index contributed by atoms with van der Waals surface area (Å²) < 4.78 is 0. The van der Waals surface area contributed by atoms with Gasteiger partial charge in [0.05, 0.1) is 12.1 Å². The van der Waals surface area contributed by atoms with E-state index in [0.717, 1.165) is 25.1 Å². The van der Waals surface area contributed by atoms with Crippen LogP contribution >= 0.6 is 0 Å². The number of carbonyl (C=O) groups excluding carboxylic acids is 1. The van der Waals surface area contributed by atoms with E-state index < -0.39 is 12.1 Å². The largest absolute Gasteiger partial charge is 0.481 e. The van der Waals surface area contributed by atoms with Crippen molar-refractivity contribution in [2.24, 2.45) is 0 Å². The van der Waals surface area contributed by atoms with Gasteiger partial charge in [-0.25, -0.2) is 0 Å². The molecular formula is C21H29NO4. The number of rotatable bonds is 11. The Hall–Kier alpha value is -1.98. The number of Topliss-reactive ketones (excluding diaryl/α,β-unsaturated/α-hetero) is 1. The van der Waals surface area contributed by atoms with Crippen molar-refractivity contribution in [3.8, 4) is 0 Å². The third-order valence-corrected chi connectivity index (χ3v) is 4.81. The fourth-order valence-corrected chi connectivity index (χ4v) is 3.35. The van der Waals surface area contributed by atoms with Gasteiger partial charge in [0.15, 0.2) is 5.78 Å². The fraction of sp³-hybridized carbons (Fsp3) is 0.524. The number of hydrogen-bond acceptors (Lipinski definition) is 4. The lowest BCUT2D eigenvalue weighted by molar-refractivity contribution is -0.137. The van der Waals surface area contributed by atoms with Gasteiger partial charge in [0.25, 0.3) is 0 Å². The summed E-state index contributed by atoms with van der Waals surface area (Å²) in [5.74, 6) is -0.512. The van der Waals surface area contributed by atoms with Gasteiger partial charge in [-0.05, 0) is 37.7 Å². The third kappa shape index (κ3) is 7.10. The van der Waals surface area contributed by atoms with E-state index in [0.29, 0.717) is 32.1 Å². The molecule has 26 heavy (non-hydrogen) atoms. The second kappa shape index (κ2) is 10.9. The van der Waals surface area contributed by atoms with Crippen molar-refractivity contribution in [2.75, 3.05) is 13.1 Å². The average Bonchev–Trinajstić information content (AvgIpc) is 2.97. The lowest BCUT2D eigenvalue weighted by Crippen LogP contribution is -2.35. The number of carboxylic acids is 1. The molecule has 1 aromatic carbocycles. The second-order valence-corrected chi connectivity index (χ2v) is 6.89. The minimum atomic E-state index is -0.774. The van der Waals surface area contributed by atoms with Crippen LogP contribution in [0.25, 0.3) is 0 Å². The molecule has 2 N–H and O–H groups in total. The molecule has 2 atom stereocenters. The smallest absolute Gasteiger partial charge is 0.303 e. The van der Waals surface area contributed by atoms with Crippen LogP contribution in [0.5, 0.6) is 0 Å². The molecule has 1 unspecified atom stereocenters. The number of hydrogen-bond donors (Lipinski definition) is 2. The van der Waals surface area contributed by atoms with Gasteiger partial charge in [-0.3, -0.25) is 14.5 Å². The van der Waals surface area contributed by atoms with Crippen LogP contribution in [0.4, 0.5) is 0 Å². The van der Waals surface area contributed by atoms with Crippen LogP contribution in [-0.2, 0) is 16.0 Å². The summed E-state index contributed by atoms with van der Waals surface area (Å²) in [6.07, 6.45) is 7.62. The van der Waals surface area contributed by atoms with E-state index in [4.69, 9.17) is 5.11 Å². The molecule has 2 rings (SSSR count). The fourth-order valence-electron chi connectivity index (χ4n) is 3.35. The first-order valence-corrected chi connectivity index (χ1v) is 9.42. The number of unbranched alkanes of at least 4 members (excludes halogenated alkanes) is 1. The van der Waals surface area contributed by atoms with Crippen molar-refractivity contribution in [2.45, 2.75) is 57.1 Å². The Kier molecular flexibility index (Phi) is 8.51. The van der Waals surface area contributed by atoms with Crippen LogP contribution in [0.3, 0.4) is 0 Å². The molecule has 1 aromatic rings. The number of nitrogens with zero attached hydrogens (tertiary/aromatic N) is 1. The highest BCUT2D eigenvalue weighted by atomic mass is 16.4. The lowest BCUT2D eigenvalue weighted by Gasteiger charge is -2.23. The van der Waals surface area contributed by atoms with E-state index in [1.165, 1.54) is 0 Å². The molecule has 0 amide bonds. The van der Waals surface area contributed by atoms with Crippen LogP contribution in [0.1, 0.15) is 44.1 Å². The number of benzene rings is 1. The molecular weight excluding hydrogens is 330 g/mol. The monoisotopic (exact) mass is 359 g/mol. The molecule has 1 aliphatic rings. The predicted octanol–water partition coefficient (Wildman–Crippen LogP) is 2.82. The molecule has 1 aliphatic heterocycles. The summed E-state index contributed by atoms with van der Waals surface area (Å²) >= 11 is 0. The lowest BCUT2D eigenvalue weighted by atomic mass is 10.0. The first-order valence-electron chi connectivity index (χ1n) is 9.42. The molecule has 5 nitrogen and oxygen atoms in total. The molecule has 0 spiro atoms. The van der Waals surface area contributed by atoms with Gasteiger partial charge in [0, 0.05) is 25.9 Å². The Morgan fingerprint density at radius 2 is 2.04 bits per heavy atom. The zero-order valence-corrected chi connectivity index (χ0v) is 15.2. The zero-order valence-electron chi connectivity index (χ0n) is 15.2. The summed E-state index contributed by atoms with van der Waals surface area (Å²) in [5, 5.41) is 18.9. The first-order chi connectivity index (χ1) is 12.6. The van der Waals surface area contributed by atoms with Gasteiger partial charge in [0.1, 0.15) is 0 Å². The van der Waals surface area contributed by atoms with Crippen LogP contribution in [-0.4, -0.2) is 52.1 Å². The summed E-state index contributed by atoms with van der Waals surface area (Å²) in [6.45, 7) is 1.48. The van der Waals surface area contributed by atoms with Crippen LogP contribution in [0.15, 0.2) is 42.5 Å². The SMILES string of the molecule is O=C(O)CCC/C=C\C[C@H]1C(=O)CCN1CCC(O)Cc1ccccc1. The maximum absolute atomic E-state index is 12.1. The van der Waals surface area contributed by atoms with E-state index >= 15 is 0 Å². The summed E-state index contributed by atoms with van der Waals surface area (Å²) in [6, 6.07) is 9.83. The molecule has 0 saturated carbocycles. The normalized spacial score (nSPS) is 19.3. The Morgan fingerprint density at radius 1 is 1.27 bits per heavy atom. The molecule has 1 saturated heterocycles. The van der Waals surface area contributed by atoms with Crippen molar-refractivity contribution in [3.63, 3.8) is 0 Å². The standard InChI is InChI=1S/C21H29NO4/c23-18(16-17-8-4-3-5-9-17)12-14-22-15-13-20(24)19(22)10-6-1-2-7-11-21(25)26/h1,3-6,8-9,18-19,23H,2,7,10-16H2,(H,25,26)/b6-1-/t18?,19-/m0/s1. The van der Waals surface area contributed by atoms with E-state index in [1.54, 1.807) is 0 Å². The maximum atomic E-state index is 12.1. The average molecular weight is 359 g/mol.